The summed E-state index contributed by atoms with van der Waals surface area (Å²) < 4.78 is 16.3. The number of benzene rings is 1. The Morgan fingerprint density at radius 1 is 1.00 bits per heavy atom. The van der Waals surface area contributed by atoms with Crippen LogP contribution in [0.4, 0.5) is 10.2 Å². The zero-order chi connectivity index (χ0) is 25.9. The van der Waals surface area contributed by atoms with Gasteiger partial charge in [-0.05, 0) is 63.6 Å². The lowest BCUT2D eigenvalue weighted by Crippen LogP contribution is -2.45. The van der Waals surface area contributed by atoms with Crippen molar-refractivity contribution in [3.8, 4) is 0 Å². The molecule has 9 heteroatoms. The molecular formula is C29H38FN7O. The highest BCUT2D eigenvalue weighted by Gasteiger charge is 2.30. The number of aryl methyl sites for hydroxylation is 2. The third-order valence-corrected chi connectivity index (χ3v) is 8.59. The van der Waals surface area contributed by atoms with Gasteiger partial charge in [0.2, 0.25) is 5.91 Å². The number of nitrogens with zero attached hydrogens (tertiary/aromatic N) is 6. The SMILES string of the molecule is O=C(NCC1CCN(Cc2ccccc2F)CC1)[C@H]1CCCN(c2ncnc3c2nc2n3CCCCC2)C1. The Bertz CT molecular complexity index is 1270. The van der Waals surface area contributed by atoms with E-state index in [4.69, 9.17) is 4.98 Å². The van der Waals surface area contributed by atoms with Crippen LogP contribution in [0.2, 0.25) is 0 Å². The van der Waals surface area contributed by atoms with Gasteiger partial charge in [0.1, 0.15) is 18.0 Å². The first kappa shape index (κ1) is 25.2. The number of rotatable bonds is 6. The average Bonchev–Trinajstić information content (AvgIpc) is 3.14. The molecule has 1 aromatic carbocycles. The summed E-state index contributed by atoms with van der Waals surface area (Å²) in [6.45, 7) is 5.76. The van der Waals surface area contributed by atoms with Crippen molar-refractivity contribution in [1.82, 2.24) is 29.7 Å². The van der Waals surface area contributed by atoms with Crippen molar-refractivity contribution in [3.63, 3.8) is 0 Å². The molecule has 2 aromatic heterocycles. The lowest BCUT2D eigenvalue weighted by molar-refractivity contribution is -0.125. The summed E-state index contributed by atoms with van der Waals surface area (Å²) in [7, 11) is 0. The van der Waals surface area contributed by atoms with Gasteiger partial charge in [0.15, 0.2) is 17.0 Å². The molecule has 3 aliphatic heterocycles. The third-order valence-electron chi connectivity index (χ3n) is 8.59. The molecule has 1 atom stereocenters. The molecule has 202 valence electrons. The summed E-state index contributed by atoms with van der Waals surface area (Å²) in [5.74, 6) is 2.43. The van der Waals surface area contributed by atoms with Gasteiger partial charge in [-0.25, -0.2) is 19.3 Å². The van der Waals surface area contributed by atoms with Crippen LogP contribution in [-0.2, 0) is 24.3 Å². The van der Waals surface area contributed by atoms with Crippen molar-refractivity contribution in [1.29, 1.82) is 0 Å². The summed E-state index contributed by atoms with van der Waals surface area (Å²) >= 11 is 0. The number of carbonyl (C=O) groups excluding carboxylic acids is 1. The molecule has 38 heavy (non-hydrogen) atoms. The number of imidazole rings is 1. The van der Waals surface area contributed by atoms with Crippen LogP contribution in [0.1, 0.15) is 56.3 Å². The van der Waals surface area contributed by atoms with E-state index in [1.807, 2.05) is 12.1 Å². The van der Waals surface area contributed by atoms with Gasteiger partial charge in [0.25, 0.3) is 0 Å². The second kappa shape index (κ2) is 11.4. The van der Waals surface area contributed by atoms with Crippen LogP contribution < -0.4 is 10.2 Å². The number of anilines is 1. The molecule has 8 nitrogen and oxygen atoms in total. The molecule has 0 radical (unpaired) electrons. The fourth-order valence-corrected chi connectivity index (χ4v) is 6.35. The van der Waals surface area contributed by atoms with Gasteiger partial charge in [0, 0.05) is 44.7 Å². The largest absolute Gasteiger partial charge is 0.356 e. The first-order chi connectivity index (χ1) is 18.7. The number of amides is 1. The molecule has 1 amide bonds. The smallest absolute Gasteiger partial charge is 0.224 e. The Kier molecular flexibility index (Phi) is 7.53. The predicted molar refractivity (Wildman–Crippen MR) is 145 cm³/mol. The predicted octanol–water partition coefficient (Wildman–Crippen LogP) is 3.94. The average molecular weight is 520 g/mol. The lowest BCUT2D eigenvalue weighted by atomic mass is 9.94. The minimum Gasteiger partial charge on any atom is -0.356 e. The molecule has 1 N–H and O–H groups in total. The first-order valence-corrected chi connectivity index (χ1v) is 14.3. The number of carbonyl (C=O) groups is 1. The van der Waals surface area contributed by atoms with Crippen molar-refractivity contribution in [2.24, 2.45) is 11.8 Å². The van der Waals surface area contributed by atoms with E-state index in [1.54, 1.807) is 12.4 Å². The molecule has 0 saturated carbocycles. The van der Waals surface area contributed by atoms with Gasteiger partial charge in [0.05, 0.1) is 5.92 Å². The molecule has 2 saturated heterocycles. The number of halogens is 1. The van der Waals surface area contributed by atoms with Gasteiger partial charge in [-0.15, -0.1) is 0 Å². The van der Waals surface area contributed by atoms with Crippen LogP contribution >= 0.6 is 0 Å². The number of aromatic nitrogens is 4. The van der Waals surface area contributed by atoms with Crippen LogP contribution in [0.25, 0.3) is 11.2 Å². The van der Waals surface area contributed by atoms with E-state index in [1.165, 1.54) is 18.9 Å². The minimum absolute atomic E-state index is 0.0460. The lowest BCUT2D eigenvalue weighted by Gasteiger charge is -2.34. The second-order valence-corrected chi connectivity index (χ2v) is 11.2. The van der Waals surface area contributed by atoms with E-state index in [-0.39, 0.29) is 17.6 Å². The molecule has 6 rings (SSSR count). The summed E-state index contributed by atoms with van der Waals surface area (Å²) in [5, 5.41) is 3.26. The van der Waals surface area contributed by atoms with Crippen LogP contribution in [0.5, 0.6) is 0 Å². The van der Waals surface area contributed by atoms with E-state index in [0.29, 0.717) is 25.6 Å². The Labute approximate surface area is 223 Å². The monoisotopic (exact) mass is 519 g/mol. The molecule has 5 heterocycles. The second-order valence-electron chi connectivity index (χ2n) is 11.2. The number of likely N-dealkylation sites (tertiary alicyclic amines) is 1. The molecule has 0 unspecified atom stereocenters. The fraction of sp³-hybridized carbons (Fsp3) is 0.586. The van der Waals surface area contributed by atoms with Crippen molar-refractivity contribution in [3.05, 3.63) is 47.8 Å². The number of hydrogen-bond acceptors (Lipinski definition) is 6. The first-order valence-electron chi connectivity index (χ1n) is 14.3. The molecule has 2 fully saturated rings. The zero-order valence-corrected chi connectivity index (χ0v) is 22.1. The van der Waals surface area contributed by atoms with Crippen LogP contribution in [0.3, 0.4) is 0 Å². The maximum atomic E-state index is 14.0. The quantitative estimate of drug-likeness (QED) is 0.532. The van der Waals surface area contributed by atoms with Gasteiger partial charge >= 0.3 is 0 Å². The van der Waals surface area contributed by atoms with Crippen LogP contribution in [0, 0.1) is 17.7 Å². The molecule has 0 aliphatic carbocycles. The normalized spacial score (nSPS) is 21.3. The van der Waals surface area contributed by atoms with Crippen molar-refractivity contribution in [2.45, 2.75) is 64.5 Å². The maximum Gasteiger partial charge on any atom is 0.224 e. The Balaban J connectivity index is 1.03. The number of nitrogens with one attached hydrogen (secondary N) is 1. The highest BCUT2D eigenvalue weighted by molar-refractivity contribution is 5.85. The molecule has 0 spiro atoms. The number of hydrogen-bond donors (Lipinski definition) is 1. The number of piperidine rings is 2. The van der Waals surface area contributed by atoms with Crippen molar-refractivity contribution in [2.75, 3.05) is 37.6 Å². The van der Waals surface area contributed by atoms with Crippen LogP contribution in [0.15, 0.2) is 30.6 Å². The van der Waals surface area contributed by atoms with Crippen LogP contribution in [-0.4, -0.2) is 63.0 Å². The Hall–Kier alpha value is -3.07. The highest BCUT2D eigenvalue weighted by Crippen LogP contribution is 2.29. The summed E-state index contributed by atoms with van der Waals surface area (Å²) in [4.78, 5) is 31.9. The maximum absolute atomic E-state index is 14.0. The van der Waals surface area contributed by atoms with Gasteiger partial charge in [-0.3, -0.25) is 9.69 Å². The standard InChI is InChI=1S/C29H38FN7O/c30-24-9-4-3-7-22(24)18-35-15-11-21(12-16-35)17-31-29(38)23-8-6-13-36(19-23)27-26-28(33-20-32-27)37-14-5-1-2-10-25(37)34-26/h3-4,7,9,20-21,23H,1-2,5-6,8,10-19H2,(H,31,38)/t23-/m0/s1. The van der Waals surface area contributed by atoms with E-state index in [2.05, 4.69) is 29.7 Å². The minimum atomic E-state index is -0.130. The van der Waals surface area contributed by atoms with Crippen molar-refractivity contribution < 1.29 is 9.18 Å². The molecule has 3 aliphatic rings. The van der Waals surface area contributed by atoms with Crippen molar-refractivity contribution >= 4 is 22.9 Å². The highest BCUT2D eigenvalue weighted by atomic mass is 19.1. The summed E-state index contributed by atoms with van der Waals surface area (Å²) in [6.07, 6.45) is 10.1. The van der Waals surface area contributed by atoms with Gasteiger partial charge < -0.3 is 14.8 Å². The zero-order valence-electron chi connectivity index (χ0n) is 22.1. The topological polar surface area (TPSA) is 79.2 Å². The van der Waals surface area contributed by atoms with E-state index in [0.717, 1.165) is 93.1 Å². The third kappa shape index (κ3) is 5.39. The van der Waals surface area contributed by atoms with E-state index < -0.39 is 0 Å². The van der Waals surface area contributed by atoms with Gasteiger partial charge in [-0.1, -0.05) is 24.6 Å². The van der Waals surface area contributed by atoms with E-state index in [9.17, 15) is 9.18 Å². The van der Waals surface area contributed by atoms with Gasteiger partial charge in [-0.2, -0.15) is 0 Å². The van der Waals surface area contributed by atoms with E-state index >= 15 is 0 Å². The molecule has 0 bridgehead atoms. The Morgan fingerprint density at radius 3 is 2.74 bits per heavy atom. The Morgan fingerprint density at radius 2 is 1.87 bits per heavy atom. The summed E-state index contributed by atoms with van der Waals surface area (Å²) in [5.41, 5.74) is 2.57. The molecular weight excluding hydrogens is 481 g/mol. The number of fused-ring (bicyclic) bond motifs is 3. The molecule has 3 aromatic rings. The fourth-order valence-electron chi connectivity index (χ4n) is 6.35. The summed E-state index contributed by atoms with van der Waals surface area (Å²) in [6, 6.07) is 7.02.